The first-order valence-corrected chi connectivity index (χ1v) is 11.7. The lowest BCUT2D eigenvalue weighted by Gasteiger charge is -2.10. The fourth-order valence-electron chi connectivity index (χ4n) is 3.46. The Morgan fingerprint density at radius 1 is 1.06 bits per heavy atom. The number of hydrogen-bond acceptors (Lipinski definition) is 6. The molecule has 3 heterocycles. The zero-order valence-electron chi connectivity index (χ0n) is 17.3. The fraction of sp³-hybridized carbons (Fsp3) is 0.130. The molecule has 3 aromatic heterocycles. The minimum absolute atomic E-state index is 0.127. The van der Waals surface area contributed by atoms with Crippen molar-refractivity contribution in [3.8, 4) is 17.1 Å². The highest BCUT2D eigenvalue weighted by molar-refractivity contribution is 7.98. The molecule has 0 saturated carbocycles. The standard InChI is InChI=1S/C23H18FN5OS2/c1-13-14(2)32-22-19(13)21(30)25-18(26-22)12-31-23-28-27-20(15-6-4-3-5-7-15)29(23)17-10-8-16(24)9-11-17/h3-11H,12H2,1-2H3,(H,25,26,30). The van der Waals surface area contributed by atoms with Crippen molar-refractivity contribution < 1.29 is 4.39 Å². The second-order valence-electron chi connectivity index (χ2n) is 7.25. The van der Waals surface area contributed by atoms with E-state index in [0.29, 0.717) is 27.9 Å². The van der Waals surface area contributed by atoms with E-state index < -0.39 is 0 Å². The Morgan fingerprint density at radius 2 is 1.81 bits per heavy atom. The summed E-state index contributed by atoms with van der Waals surface area (Å²) in [5, 5.41) is 10.0. The average Bonchev–Trinajstić information content (AvgIpc) is 3.34. The minimum atomic E-state index is -0.311. The number of nitrogens with zero attached hydrogens (tertiary/aromatic N) is 4. The summed E-state index contributed by atoms with van der Waals surface area (Å²) in [4.78, 5) is 22.0. The Bertz CT molecular complexity index is 1470. The van der Waals surface area contributed by atoms with Crippen molar-refractivity contribution in [2.45, 2.75) is 24.8 Å². The van der Waals surface area contributed by atoms with Crippen LogP contribution in [0, 0.1) is 19.7 Å². The number of benzene rings is 2. The van der Waals surface area contributed by atoms with E-state index in [4.69, 9.17) is 0 Å². The summed E-state index contributed by atoms with van der Waals surface area (Å²) >= 11 is 2.93. The van der Waals surface area contributed by atoms with Gasteiger partial charge in [0.2, 0.25) is 0 Å². The number of nitrogens with one attached hydrogen (secondary N) is 1. The van der Waals surface area contributed by atoms with Gasteiger partial charge in [-0.15, -0.1) is 21.5 Å². The van der Waals surface area contributed by atoms with Crippen molar-refractivity contribution in [1.82, 2.24) is 24.7 Å². The lowest BCUT2D eigenvalue weighted by Crippen LogP contribution is -2.11. The Labute approximate surface area is 191 Å². The molecule has 160 valence electrons. The number of aromatic nitrogens is 5. The van der Waals surface area contributed by atoms with Gasteiger partial charge in [-0.2, -0.15) is 0 Å². The van der Waals surface area contributed by atoms with E-state index in [9.17, 15) is 9.18 Å². The number of halogens is 1. The number of rotatable bonds is 5. The van der Waals surface area contributed by atoms with Gasteiger partial charge in [0.25, 0.3) is 5.56 Å². The highest BCUT2D eigenvalue weighted by Gasteiger charge is 2.18. The van der Waals surface area contributed by atoms with Crippen LogP contribution >= 0.6 is 23.1 Å². The molecule has 6 nitrogen and oxygen atoms in total. The van der Waals surface area contributed by atoms with E-state index in [0.717, 1.165) is 26.5 Å². The predicted octanol–water partition coefficient (Wildman–Crippen LogP) is 5.28. The zero-order chi connectivity index (χ0) is 22.2. The number of fused-ring (bicyclic) bond motifs is 1. The van der Waals surface area contributed by atoms with Crippen molar-refractivity contribution in [1.29, 1.82) is 0 Å². The third kappa shape index (κ3) is 3.74. The molecule has 1 N–H and O–H groups in total. The third-order valence-corrected chi connectivity index (χ3v) is 7.22. The number of aryl methyl sites for hydroxylation is 2. The summed E-state index contributed by atoms with van der Waals surface area (Å²) < 4.78 is 15.4. The van der Waals surface area contributed by atoms with Gasteiger partial charge in [0.15, 0.2) is 11.0 Å². The quantitative estimate of drug-likeness (QED) is 0.359. The van der Waals surface area contributed by atoms with Gasteiger partial charge in [0.05, 0.1) is 11.1 Å². The summed E-state index contributed by atoms with van der Waals surface area (Å²) in [6.45, 7) is 3.93. The van der Waals surface area contributed by atoms with Crippen molar-refractivity contribution >= 4 is 33.3 Å². The second kappa shape index (κ2) is 8.33. The Hall–Kier alpha value is -3.30. The van der Waals surface area contributed by atoms with Crippen LogP contribution in [0.5, 0.6) is 0 Å². The first-order chi connectivity index (χ1) is 15.5. The normalized spacial score (nSPS) is 11.3. The lowest BCUT2D eigenvalue weighted by molar-refractivity contribution is 0.627. The van der Waals surface area contributed by atoms with Gasteiger partial charge < -0.3 is 4.98 Å². The van der Waals surface area contributed by atoms with Gasteiger partial charge in [-0.05, 0) is 43.7 Å². The van der Waals surface area contributed by atoms with Gasteiger partial charge in [-0.25, -0.2) is 9.37 Å². The molecule has 0 saturated heterocycles. The molecule has 0 aliphatic rings. The molecular formula is C23H18FN5OS2. The molecule has 0 fully saturated rings. The summed E-state index contributed by atoms with van der Waals surface area (Å²) in [6.07, 6.45) is 0. The van der Waals surface area contributed by atoms with Crippen molar-refractivity contribution in [3.63, 3.8) is 0 Å². The molecular weight excluding hydrogens is 445 g/mol. The van der Waals surface area contributed by atoms with E-state index >= 15 is 0 Å². The first kappa shape index (κ1) is 20.6. The Morgan fingerprint density at radius 3 is 2.56 bits per heavy atom. The van der Waals surface area contributed by atoms with Crippen LogP contribution in [0.2, 0.25) is 0 Å². The van der Waals surface area contributed by atoms with Gasteiger partial charge in [-0.1, -0.05) is 42.1 Å². The smallest absolute Gasteiger partial charge is 0.259 e. The molecule has 0 spiro atoms. The molecule has 2 aromatic carbocycles. The molecule has 0 radical (unpaired) electrons. The Kier molecular flexibility index (Phi) is 5.36. The highest BCUT2D eigenvalue weighted by Crippen LogP contribution is 2.30. The molecule has 9 heteroatoms. The van der Waals surface area contributed by atoms with Crippen molar-refractivity contribution in [3.05, 3.63) is 87.0 Å². The van der Waals surface area contributed by atoms with Crippen LogP contribution in [0.25, 0.3) is 27.3 Å². The summed E-state index contributed by atoms with van der Waals surface area (Å²) in [5.74, 6) is 1.33. The highest BCUT2D eigenvalue weighted by atomic mass is 32.2. The molecule has 0 atom stereocenters. The molecule has 5 aromatic rings. The van der Waals surface area contributed by atoms with Crippen LogP contribution in [-0.2, 0) is 5.75 Å². The molecule has 5 rings (SSSR count). The Balaban J connectivity index is 1.53. The number of thiophene rings is 1. The van der Waals surface area contributed by atoms with Crippen LogP contribution in [0.4, 0.5) is 4.39 Å². The number of thioether (sulfide) groups is 1. The van der Waals surface area contributed by atoms with E-state index in [1.54, 1.807) is 12.1 Å². The van der Waals surface area contributed by atoms with Gasteiger partial charge in [0.1, 0.15) is 16.5 Å². The van der Waals surface area contributed by atoms with Gasteiger partial charge >= 0.3 is 0 Å². The number of aromatic amines is 1. The number of H-pyrrole nitrogens is 1. The molecule has 0 aliphatic heterocycles. The lowest BCUT2D eigenvalue weighted by atomic mass is 10.2. The van der Waals surface area contributed by atoms with E-state index in [2.05, 4.69) is 20.2 Å². The molecule has 32 heavy (non-hydrogen) atoms. The summed E-state index contributed by atoms with van der Waals surface area (Å²) in [5.41, 5.74) is 2.49. The van der Waals surface area contributed by atoms with Crippen LogP contribution in [0.15, 0.2) is 64.5 Å². The zero-order valence-corrected chi connectivity index (χ0v) is 18.9. The van der Waals surface area contributed by atoms with Crippen LogP contribution in [0.3, 0.4) is 0 Å². The molecule has 0 aliphatic carbocycles. The summed E-state index contributed by atoms with van der Waals surface area (Å²) in [6, 6.07) is 15.9. The topological polar surface area (TPSA) is 76.5 Å². The second-order valence-corrected chi connectivity index (χ2v) is 9.39. The third-order valence-electron chi connectivity index (χ3n) is 5.18. The van der Waals surface area contributed by atoms with E-state index in [1.807, 2.05) is 48.7 Å². The van der Waals surface area contributed by atoms with Crippen molar-refractivity contribution in [2.75, 3.05) is 0 Å². The maximum absolute atomic E-state index is 13.5. The van der Waals surface area contributed by atoms with Gasteiger partial charge in [0, 0.05) is 16.1 Å². The minimum Gasteiger partial charge on any atom is -0.309 e. The van der Waals surface area contributed by atoms with Crippen molar-refractivity contribution in [2.24, 2.45) is 0 Å². The summed E-state index contributed by atoms with van der Waals surface area (Å²) in [7, 11) is 0. The molecule has 0 unspecified atom stereocenters. The largest absolute Gasteiger partial charge is 0.309 e. The maximum atomic E-state index is 13.5. The SMILES string of the molecule is Cc1sc2nc(CSc3nnc(-c4ccccc4)n3-c3ccc(F)cc3)[nH]c(=O)c2c1C. The number of hydrogen-bond donors (Lipinski definition) is 1. The van der Waals surface area contributed by atoms with Crippen LogP contribution < -0.4 is 5.56 Å². The van der Waals surface area contributed by atoms with Crippen LogP contribution in [0.1, 0.15) is 16.3 Å². The van der Waals surface area contributed by atoms with E-state index in [1.165, 1.54) is 35.2 Å². The maximum Gasteiger partial charge on any atom is 0.259 e. The predicted molar refractivity (Wildman–Crippen MR) is 126 cm³/mol. The van der Waals surface area contributed by atoms with Crippen LogP contribution in [-0.4, -0.2) is 24.7 Å². The molecule has 0 amide bonds. The van der Waals surface area contributed by atoms with E-state index in [-0.39, 0.29) is 11.4 Å². The fourth-order valence-corrected chi connectivity index (χ4v) is 5.33. The first-order valence-electron chi connectivity index (χ1n) is 9.90. The van der Waals surface area contributed by atoms with Gasteiger partial charge in [-0.3, -0.25) is 9.36 Å². The monoisotopic (exact) mass is 463 g/mol. The average molecular weight is 464 g/mol. The molecule has 0 bridgehead atoms.